The van der Waals surface area contributed by atoms with Gasteiger partial charge in [-0.15, -0.1) is 0 Å². The van der Waals surface area contributed by atoms with Crippen molar-refractivity contribution in [2.24, 2.45) is 0 Å². The Labute approximate surface area is 177 Å². The highest BCUT2D eigenvalue weighted by atomic mass is 16.5. The Hall–Kier alpha value is -4.27. The molecule has 0 aliphatic carbocycles. The van der Waals surface area contributed by atoms with Gasteiger partial charge >= 0.3 is 5.97 Å². The summed E-state index contributed by atoms with van der Waals surface area (Å²) in [4.78, 5) is 29.4. The van der Waals surface area contributed by atoms with E-state index in [1.165, 1.54) is 6.92 Å². The fourth-order valence-electron chi connectivity index (χ4n) is 2.88. The molecule has 0 spiro atoms. The molecule has 31 heavy (non-hydrogen) atoms. The first-order chi connectivity index (χ1) is 15.0. The number of nitrogens with one attached hydrogen (secondary N) is 1. The molecule has 4 aromatic rings. The standard InChI is InChI=1S/C22H19N5O4/c1-14-11-19(26-31-14)24-21(28)15(2)30-22(29)18-13-27(17-8-4-3-5-9-17)25-20(18)16-7-6-10-23-12-16/h3-13,15H,1-2H3,(H,24,26,28). The van der Waals surface area contributed by atoms with Gasteiger partial charge in [0.1, 0.15) is 17.0 Å². The minimum absolute atomic E-state index is 0.216. The summed E-state index contributed by atoms with van der Waals surface area (Å²) < 4.78 is 11.9. The predicted octanol–water partition coefficient (Wildman–Crippen LogP) is 3.41. The van der Waals surface area contributed by atoms with E-state index in [0.717, 1.165) is 5.69 Å². The molecule has 0 aliphatic rings. The van der Waals surface area contributed by atoms with Gasteiger partial charge in [-0.25, -0.2) is 9.48 Å². The smallest absolute Gasteiger partial charge is 0.342 e. The number of hydrogen-bond donors (Lipinski definition) is 1. The Bertz CT molecular complexity index is 1200. The van der Waals surface area contributed by atoms with Crippen LogP contribution in [0, 0.1) is 6.92 Å². The third kappa shape index (κ3) is 4.50. The van der Waals surface area contributed by atoms with Crippen LogP contribution in [0.4, 0.5) is 5.82 Å². The van der Waals surface area contributed by atoms with Gasteiger partial charge in [-0.1, -0.05) is 23.4 Å². The van der Waals surface area contributed by atoms with E-state index in [4.69, 9.17) is 9.26 Å². The number of anilines is 1. The molecule has 0 bridgehead atoms. The SMILES string of the molecule is Cc1cc(NC(=O)C(C)OC(=O)c2cn(-c3ccccc3)nc2-c2cccnc2)no1. The van der Waals surface area contributed by atoms with Crippen LogP contribution in [-0.4, -0.2) is 37.9 Å². The third-order valence-corrected chi connectivity index (χ3v) is 4.42. The van der Waals surface area contributed by atoms with Crippen molar-refractivity contribution in [1.29, 1.82) is 0 Å². The largest absolute Gasteiger partial charge is 0.449 e. The van der Waals surface area contributed by atoms with Crippen LogP contribution in [0.15, 0.2) is 71.6 Å². The number of nitrogens with zero attached hydrogens (tertiary/aromatic N) is 4. The van der Waals surface area contributed by atoms with Crippen molar-refractivity contribution in [3.63, 3.8) is 0 Å². The molecule has 3 aromatic heterocycles. The van der Waals surface area contributed by atoms with E-state index in [9.17, 15) is 9.59 Å². The number of benzene rings is 1. The second-order valence-corrected chi connectivity index (χ2v) is 6.77. The molecule has 1 atom stereocenters. The molecule has 1 unspecified atom stereocenters. The second-order valence-electron chi connectivity index (χ2n) is 6.77. The van der Waals surface area contributed by atoms with Crippen LogP contribution in [0.2, 0.25) is 0 Å². The highest BCUT2D eigenvalue weighted by molar-refractivity contribution is 5.99. The Morgan fingerprint density at radius 2 is 1.97 bits per heavy atom. The number of carbonyl (C=O) groups excluding carboxylic acids is 2. The van der Waals surface area contributed by atoms with Gasteiger partial charge in [0.25, 0.3) is 5.91 Å². The first-order valence-corrected chi connectivity index (χ1v) is 9.52. The molecule has 1 N–H and O–H groups in total. The van der Waals surface area contributed by atoms with Crippen LogP contribution >= 0.6 is 0 Å². The molecule has 0 saturated heterocycles. The van der Waals surface area contributed by atoms with E-state index < -0.39 is 18.0 Å². The lowest BCUT2D eigenvalue weighted by Crippen LogP contribution is -2.30. The first kappa shape index (κ1) is 20.0. The Kier molecular flexibility index (Phi) is 5.57. The van der Waals surface area contributed by atoms with Gasteiger partial charge in [-0.05, 0) is 38.1 Å². The summed E-state index contributed by atoms with van der Waals surface area (Å²) in [7, 11) is 0. The molecule has 9 nitrogen and oxygen atoms in total. The monoisotopic (exact) mass is 417 g/mol. The summed E-state index contributed by atoms with van der Waals surface area (Å²) in [6, 6.07) is 14.5. The van der Waals surface area contributed by atoms with Crippen LogP contribution in [0.3, 0.4) is 0 Å². The Morgan fingerprint density at radius 1 is 1.16 bits per heavy atom. The number of esters is 1. The maximum atomic E-state index is 12.9. The lowest BCUT2D eigenvalue weighted by molar-refractivity contribution is -0.123. The van der Waals surface area contributed by atoms with Crippen molar-refractivity contribution in [2.45, 2.75) is 20.0 Å². The molecule has 9 heteroatoms. The van der Waals surface area contributed by atoms with Crippen molar-refractivity contribution in [2.75, 3.05) is 5.32 Å². The van der Waals surface area contributed by atoms with Gasteiger partial charge in [-0.3, -0.25) is 9.78 Å². The molecule has 156 valence electrons. The van der Waals surface area contributed by atoms with Gasteiger partial charge in [0, 0.05) is 30.2 Å². The normalized spacial score (nSPS) is 11.7. The zero-order chi connectivity index (χ0) is 21.8. The number of para-hydroxylation sites is 1. The number of aryl methyl sites for hydroxylation is 1. The van der Waals surface area contributed by atoms with Crippen molar-refractivity contribution in [3.05, 3.63) is 78.4 Å². The third-order valence-electron chi connectivity index (χ3n) is 4.42. The van der Waals surface area contributed by atoms with Crippen molar-refractivity contribution >= 4 is 17.7 Å². The number of hydrogen-bond acceptors (Lipinski definition) is 7. The average Bonchev–Trinajstić information content (AvgIpc) is 3.41. The topological polar surface area (TPSA) is 112 Å². The molecule has 0 aliphatic heterocycles. The van der Waals surface area contributed by atoms with E-state index in [0.29, 0.717) is 17.0 Å². The number of aromatic nitrogens is 4. The van der Waals surface area contributed by atoms with E-state index >= 15 is 0 Å². The van der Waals surface area contributed by atoms with Gasteiger partial charge in [0.05, 0.1) is 5.69 Å². The average molecular weight is 417 g/mol. The number of carbonyl (C=O) groups is 2. The van der Waals surface area contributed by atoms with Crippen LogP contribution in [0.5, 0.6) is 0 Å². The molecular formula is C22H19N5O4. The van der Waals surface area contributed by atoms with Crippen molar-refractivity contribution in [3.8, 4) is 16.9 Å². The molecule has 1 amide bonds. The van der Waals surface area contributed by atoms with Gasteiger partial charge in [0.15, 0.2) is 11.9 Å². The van der Waals surface area contributed by atoms with E-state index in [1.807, 2.05) is 30.3 Å². The van der Waals surface area contributed by atoms with Gasteiger partial charge in [0.2, 0.25) is 0 Å². The molecule has 3 heterocycles. The first-order valence-electron chi connectivity index (χ1n) is 9.52. The van der Waals surface area contributed by atoms with Crippen molar-refractivity contribution in [1.82, 2.24) is 19.9 Å². The summed E-state index contributed by atoms with van der Waals surface area (Å²) in [6.07, 6.45) is 3.75. The number of pyridine rings is 1. The highest BCUT2D eigenvalue weighted by Crippen LogP contribution is 2.24. The fraction of sp³-hybridized carbons (Fsp3) is 0.136. The molecule has 4 rings (SSSR count). The predicted molar refractivity (Wildman–Crippen MR) is 112 cm³/mol. The zero-order valence-corrected chi connectivity index (χ0v) is 16.9. The lowest BCUT2D eigenvalue weighted by atomic mass is 10.1. The minimum Gasteiger partial charge on any atom is -0.449 e. The van der Waals surface area contributed by atoms with E-state index in [1.54, 1.807) is 48.4 Å². The van der Waals surface area contributed by atoms with E-state index in [-0.39, 0.29) is 11.4 Å². The van der Waals surface area contributed by atoms with E-state index in [2.05, 4.69) is 20.6 Å². The maximum absolute atomic E-state index is 12.9. The summed E-state index contributed by atoms with van der Waals surface area (Å²) in [5, 5.41) is 10.8. The minimum atomic E-state index is -1.06. The van der Waals surface area contributed by atoms with Gasteiger partial charge < -0.3 is 14.6 Å². The highest BCUT2D eigenvalue weighted by Gasteiger charge is 2.25. The van der Waals surface area contributed by atoms with Crippen LogP contribution in [0.25, 0.3) is 16.9 Å². The van der Waals surface area contributed by atoms with Crippen LogP contribution < -0.4 is 5.32 Å². The molecule has 0 radical (unpaired) electrons. The van der Waals surface area contributed by atoms with Crippen molar-refractivity contribution < 1.29 is 18.8 Å². The lowest BCUT2D eigenvalue weighted by Gasteiger charge is -2.12. The molecule has 1 aromatic carbocycles. The number of rotatable bonds is 6. The van der Waals surface area contributed by atoms with Crippen LogP contribution in [0.1, 0.15) is 23.0 Å². The second kappa shape index (κ2) is 8.62. The van der Waals surface area contributed by atoms with Crippen LogP contribution in [-0.2, 0) is 9.53 Å². The summed E-state index contributed by atoms with van der Waals surface area (Å²) >= 11 is 0. The molecular weight excluding hydrogens is 398 g/mol. The molecule has 0 fully saturated rings. The summed E-state index contributed by atoms with van der Waals surface area (Å²) in [6.45, 7) is 3.18. The quantitative estimate of drug-likeness (QED) is 0.478. The zero-order valence-electron chi connectivity index (χ0n) is 16.9. The number of amides is 1. The molecule has 0 saturated carbocycles. The summed E-state index contributed by atoms with van der Waals surface area (Å²) in [5.74, 6) is -0.409. The Balaban J connectivity index is 1.59. The van der Waals surface area contributed by atoms with Gasteiger partial charge in [-0.2, -0.15) is 5.10 Å². The maximum Gasteiger partial charge on any atom is 0.342 e. The number of ether oxygens (including phenoxy) is 1. The summed E-state index contributed by atoms with van der Waals surface area (Å²) in [5.41, 5.74) is 2.05. The fourth-order valence-corrected chi connectivity index (χ4v) is 2.88. The Morgan fingerprint density at radius 3 is 2.65 bits per heavy atom.